The standard InChI is InChI=1S/C20H31NO6/c1-7-27-18(22)9-11-21(10-8-14(2)3)20(23)15-12-16(24-4)19(26-6)17(13-15)25-5/h12-14H,7-11H2,1-6H3. The molecule has 1 amide bonds. The van der Waals surface area contributed by atoms with Crippen LogP contribution in [0.4, 0.5) is 0 Å². The van der Waals surface area contributed by atoms with Gasteiger partial charge in [-0.15, -0.1) is 0 Å². The molecule has 27 heavy (non-hydrogen) atoms. The van der Waals surface area contributed by atoms with Crippen LogP contribution in [0.5, 0.6) is 17.2 Å². The van der Waals surface area contributed by atoms with E-state index in [1.807, 2.05) is 0 Å². The van der Waals surface area contributed by atoms with E-state index in [4.69, 9.17) is 18.9 Å². The number of ether oxygens (including phenoxy) is 4. The first-order valence-corrected chi connectivity index (χ1v) is 9.12. The van der Waals surface area contributed by atoms with E-state index >= 15 is 0 Å². The molecule has 0 fully saturated rings. The Labute approximate surface area is 161 Å². The molecule has 0 bridgehead atoms. The Morgan fingerprint density at radius 3 is 2.04 bits per heavy atom. The molecule has 1 aromatic rings. The van der Waals surface area contributed by atoms with Crippen LogP contribution < -0.4 is 14.2 Å². The third-order valence-electron chi connectivity index (χ3n) is 4.07. The Morgan fingerprint density at radius 1 is 1.00 bits per heavy atom. The Hall–Kier alpha value is -2.44. The predicted molar refractivity (Wildman–Crippen MR) is 103 cm³/mol. The molecule has 0 heterocycles. The van der Waals surface area contributed by atoms with Crippen molar-refractivity contribution < 1.29 is 28.5 Å². The van der Waals surface area contributed by atoms with Gasteiger partial charge in [0.25, 0.3) is 5.91 Å². The van der Waals surface area contributed by atoms with Crippen molar-refractivity contribution in [1.82, 2.24) is 4.90 Å². The van der Waals surface area contributed by atoms with Crippen molar-refractivity contribution in [1.29, 1.82) is 0 Å². The number of amides is 1. The minimum atomic E-state index is -0.315. The molecule has 1 rings (SSSR count). The van der Waals surface area contributed by atoms with Crippen LogP contribution in [0.3, 0.4) is 0 Å². The van der Waals surface area contributed by atoms with Crippen molar-refractivity contribution in [3.8, 4) is 17.2 Å². The molecule has 0 spiro atoms. The molecule has 0 atom stereocenters. The lowest BCUT2D eigenvalue weighted by Crippen LogP contribution is -2.34. The maximum atomic E-state index is 13.1. The lowest BCUT2D eigenvalue weighted by molar-refractivity contribution is -0.143. The molecule has 152 valence electrons. The molecule has 0 saturated carbocycles. The molecule has 0 N–H and O–H groups in total. The molecule has 0 aliphatic heterocycles. The summed E-state index contributed by atoms with van der Waals surface area (Å²) in [5.41, 5.74) is 0.414. The second-order valence-electron chi connectivity index (χ2n) is 6.44. The van der Waals surface area contributed by atoms with Crippen LogP contribution in [0.2, 0.25) is 0 Å². The van der Waals surface area contributed by atoms with Gasteiger partial charge in [-0.2, -0.15) is 0 Å². The van der Waals surface area contributed by atoms with E-state index in [2.05, 4.69) is 13.8 Å². The van der Waals surface area contributed by atoms with Crippen molar-refractivity contribution in [3.63, 3.8) is 0 Å². The summed E-state index contributed by atoms with van der Waals surface area (Å²) < 4.78 is 20.9. The van der Waals surface area contributed by atoms with Crippen molar-refractivity contribution in [2.45, 2.75) is 33.6 Å². The second kappa shape index (κ2) is 11.3. The minimum absolute atomic E-state index is 0.155. The van der Waals surface area contributed by atoms with Crippen molar-refractivity contribution in [2.75, 3.05) is 41.0 Å². The maximum absolute atomic E-state index is 13.1. The van der Waals surface area contributed by atoms with Gasteiger partial charge in [-0.05, 0) is 31.4 Å². The Balaban J connectivity index is 3.09. The fourth-order valence-electron chi connectivity index (χ4n) is 2.58. The Bertz CT molecular complexity index is 604. The van der Waals surface area contributed by atoms with Crippen LogP contribution in [0.15, 0.2) is 12.1 Å². The molecular weight excluding hydrogens is 350 g/mol. The van der Waals surface area contributed by atoms with Gasteiger partial charge in [0.05, 0.1) is 34.4 Å². The first-order valence-electron chi connectivity index (χ1n) is 9.12. The van der Waals surface area contributed by atoms with Crippen molar-refractivity contribution in [3.05, 3.63) is 17.7 Å². The summed E-state index contributed by atoms with van der Waals surface area (Å²) in [6.07, 6.45) is 0.987. The summed E-state index contributed by atoms with van der Waals surface area (Å²) in [6.45, 7) is 7.11. The third kappa shape index (κ3) is 6.66. The van der Waals surface area contributed by atoms with Gasteiger partial charge in [-0.3, -0.25) is 9.59 Å². The van der Waals surface area contributed by atoms with Crippen LogP contribution in [0.1, 0.15) is 44.0 Å². The first-order chi connectivity index (χ1) is 12.9. The lowest BCUT2D eigenvalue weighted by Gasteiger charge is -2.24. The summed E-state index contributed by atoms with van der Waals surface area (Å²) in [5, 5.41) is 0. The molecule has 7 heteroatoms. The lowest BCUT2D eigenvalue weighted by atomic mass is 10.1. The van der Waals surface area contributed by atoms with Crippen LogP contribution in [0, 0.1) is 5.92 Å². The van der Waals surface area contributed by atoms with Gasteiger partial charge in [-0.1, -0.05) is 13.8 Å². The van der Waals surface area contributed by atoms with E-state index in [1.54, 1.807) is 24.0 Å². The fraction of sp³-hybridized carbons (Fsp3) is 0.600. The number of benzene rings is 1. The summed E-state index contributed by atoms with van der Waals surface area (Å²) in [6, 6.07) is 3.24. The highest BCUT2D eigenvalue weighted by Gasteiger charge is 2.22. The highest BCUT2D eigenvalue weighted by atomic mass is 16.5. The molecule has 0 unspecified atom stereocenters. The van der Waals surface area contributed by atoms with Gasteiger partial charge in [0.15, 0.2) is 11.5 Å². The molecule has 0 aliphatic rings. The van der Waals surface area contributed by atoms with Gasteiger partial charge >= 0.3 is 5.97 Å². The Kier molecular flexibility index (Phi) is 9.47. The quantitative estimate of drug-likeness (QED) is 0.548. The monoisotopic (exact) mass is 381 g/mol. The molecular formula is C20H31NO6. The van der Waals surface area contributed by atoms with E-state index < -0.39 is 0 Å². The van der Waals surface area contributed by atoms with E-state index in [0.29, 0.717) is 48.4 Å². The van der Waals surface area contributed by atoms with Crippen LogP contribution >= 0.6 is 0 Å². The molecule has 7 nitrogen and oxygen atoms in total. The van der Waals surface area contributed by atoms with Crippen LogP contribution in [0.25, 0.3) is 0 Å². The smallest absolute Gasteiger partial charge is 0.307 e. The zero-order valence-electron chi connectivity index (χ0n) is 17.2. The van der Waals surface area contributed by atoms with Gasteiger partial charge in [0.2, 0.25) is 5.75 Å². The molecule has 0 aliphatic carbocycles. The zero-order chi connectivity index (χ0) is 20.4. The molecule has 1 aromatic carbocycles. The van der Waals surface area contributed by atoms with Crippen molar-refractivity contribution in [2.24, 2.45) is 5.92 Å². The molecule has 0 saturated heterocycles. The number of carbonyl (C=O) groups is 2. The number of carbonyl (C=O) groups excluding carboxylic acids is 2. The molecule has 0 aromatic heterocycles. The Morgan fingerprint density at radius 2 is 1.59 bits per heavy atom. The molecule has 0 radical (unpaired) electrons. The van der Waals surface area contributed by atoms with E-state index in [0.717, 1.165) is 6.42 Å². The van der Waals surface area contributed by atoms with Gasteiger partial charge in [-0.25, -0.2) is 0 Å². The summed E-state index contributed by atoms with van der Waals surface area (Å²) >= 11 is 0. The highest BCUT2D eigenvalue weighted by Crippen LogP contribution is 2.38. The average Bonchev–Trinajstić information content (AvgIpc) is 2.66. The average molecular weight is 381 g/mol. The second-order valence-corrected chi connectivity index (χ2v) is 6.44. The summed E-state index contributed by atoms with van der Waals surface area (Å²) in [5.74, 6) is 1.17. The number of methoxy groups -OCH3 is 3. The zero-order valence-corrected chi connectivity index (χ0v) is 17.2. The normalized spacial score (nSPS) is 10.5. The summed E-state index contributed by atoms with van der Waals surface area (Å²) in [7, 11) is 4.52. The van der Waals surface area contributed by atoms with E-state index in [-0.39, 0.29) is 18.3 Å². The number of hydrogen-bond acceptors (Lipinski definition) is 6. The number of esters is 1. The predicted octanol–water partition coefficient (Wildman–Crippen LogP) is 3.15. The number of nitrogens with zero attached hydrogens (tertiary/aromatic N) is 1. The van der Waals surface area contributed by atoms with Crippen LogP contribution in [-0.2, 0) is 9.53 Å². The highest BCUT2D eigenvalue weighted by molar-refractivity contribution is 5.96. The van der Waals surface area contributed by atoms with Crippen LogP contribution in [-0.4, -0.2) is 57.8 Å². The van der Waals surface area contributed by atoms with E-state index in [1.165, 1.54) is 21.3 Å². The third-order valence-corrected chi connectivity index (χ3v) is 4.07. The topological polar surface area (TPSA) is 74.3 Å². The largest absolute Gasteiger partial charge is 0.493 e. The number of hydrogen-bond donors (Lipinski definition) is 0. The van der Waals surface area contributed by atoms with Crippen molar-refractivity contribution >= 4 is 11.9 Å². The minimum Gasteiger partial charge on any atom is -0.493 e. The van der Waals surface area contributed by atoms with E-state index in [9.17, 15) is 9.59 Å². The maximum Gasteiger partial charge on any atom is 0.307 e. The van der Waals surface area contributed by atoms with Gasteiger partial charge in [0, 0.05) is 18.7 Å². The number of rotatable bonds is 11. The fourth-order valence-corrected chi connectivity index (χ4v) is 2.58. The van der Waals surface area contributed by atoms with Gasteiger partial charge < -0.3 is 23.8 Å². The van der Waals surface area contributed by atoms with Gasteiger partial charge in [0.1, 0.15) is 0 Å². The first kappa shape index (κ1) is 22.6. The SMILES string of the molecule is CCOC(=O)CCN(CCC(C)C)C(=O)c1cc(OC)c(OC)c(OC)c1. The summed E-state index contributed by atoms with van der Waals surface area (Å²) in [4.78, 5) is 26.5.